The molecule has 11 heteroatoms. The van der Waals surface area contributed by atoms with E-state index in [2.05, 4.69) is 0 Å². The van der Waals surface area contributed by atoms with Gasteiger partial charge in [0.05, 0.1) is 24.9 Å². The number of urea groups is 1. The van der Waals surface area contributed by atoms with Crippen LogP contribution < -0.4 is 15.0 Å². The summed E-state index contributed by atoms with van der Waals surface area (Å²) in [6.45, 7) is 7.99. The number of halogens is 1. The lowest BCUT2D eigenvalue weighted by Gasteiger charge is -2.33. The maximum Gasteiger partial charge on any atom is 0.327 e. The summed E-state index contributed by atoms with van der Waals surface area (Å²) in [5.41, 5.74) is 1.64. The highest BCUT2D eigenvalue weighted by Crippen LogP contribution is 2.42. The van der Waals surface area contributed by atoms with E-state index in [1.54, 1.807) is 58.0 Å². The minimum atomic E-state index is -1.17. The first-order valence-corrected chi connectivity index (χ1v) is 15.7. The number of benzene rings is 2. The number of hydrogen-bond acceptors (Lipinski definition) is 7. The second-order valence-electron chi connectivity index (χ2n) is 13.1. The zero-order valence-electron chi connectivity index (χ0n) is 26.8. The Hall–Kier alpha value is -4.22. The molecule has 0 spiro atoms. The fourth-order valence-electron chi connectivity index (χ4n) is 6.66. The van der Waals surface area contributed by atoms with Crippen LogP contribution in [0.3, 0.4) is 0 Å². The lowest BCUT2D eigenvalue weighted by molar-refractivity contribution is -0.133. The van der Waals surface area contributed by atoms with Crippen molar-refractivity contribution in [1.29, 1.82) is 0 Å². The summed E-state index contributed by atoms with van der Waals surface area (Å²) >= 11 is 0. The summed E-state index contributed by atoms with van der Waals surface area (Å²) in [4.78, 5) is 42.1. The van der Waals surface area contributed by atoms with Gasteiger partial charge in [-0.25, -0.2) is 9.18 Å². The topological polar surface area (TPSA) is 111 Å². The van der Waals surface area contributed by atoms with E-state index in [-0.39, 0.29) is 42.1 Å². The van der Waals surface area contributed by atoms with Crippen LogP contribution in [-0.2, 0) is 22.2 Å². The van der Waals surface area contributed by atoms with Crippen LogP contribution in [0.15, 0.2) is 47.4 Å². The zero-order valence-corrected chi connectivity index (χ0v) is 26.8. The summed E-state index contributed by atoms with van der Waals surface area (Å²) in [7, 11) is 1.65. The molecule has 3 amide bonds. The number of hydrogen-bond donors (Lipinski definition) is 1. The lowest BCUT2D eigenvalue weighted by atomic mass is 9.91. The van der Waals surface area contributed by atoms with Crippen molar-refractivity contribution >= 4 is 11.9 Å². The van der Waals surface area contributed by atoms with Gasteiger partial charge in [-0.05, 0) is 94.3 Å². The molecule has 0 bridgehead atoms. The highest BCUT2D eigenvalue weighted by molar-refractivity contribution is 6.04. The highest BCUT2D eigenvalue weighted by atomic mass is 19.1. The van der Waals surface area contributed by atoms with Crippen molar-refractivity contribution < 1.29 is 33.3 Å². The number of fused-ring (bicyclic) bond motifs is 1. The number of ether oxygens (including phenoxy) is 3. The molecule has 2 aliphatic heterocycles. The average molecular weight is 634 g/mol. The quantitative estimate of drug-likeness (QED) is 0.357. The summed E-state index contributed by atoms with van der Waals surface area (Å²) in [6, 6.07) is 8.60. The van der Waals surface area contributed by atoms with E-state index in [1.807, 2.05) is 6.07 Å². The van der Waals surface area contributed by atoms with Gasteiger partial charge < -0.3 is 28.8 Å². The first-order chi connectivity index (χ1) is 21.8. The molecular weight excluding hydrogens is 593 g/mol. The van der Waals surface area contributed by atoms with Crippen molar-refractivity contribution in [2.24, 2.45) is 7.05 Å². The molecule has 3 aliphatic rings. The summed E-state index contributed by atoms with van der Waals surface area (Å²) < 4.78 is 33.9. The van der Waals surface area contributed by atoms with Gasteiger partial charge in [0.25, 0.3) is 11.5 Å². The summed E-state index contributed by atoms with van der Waals surface area (Å²) in [5, 5.41) is 10.9. The molecule has 1 N–H and O–H groups in total. The molecule has 0 radical (unpaired) electrons. The molecule has 10 nitrogen and oxygen atoms in total. The van der Waals surface area contributed by atoms with Gasteiger partial charge in [0.2, 0.25) is 0 Å². The molecule has 1 aliphatic carbocycles. The first-order valence-electron chi connectivity index (χ1n) is 15.7. The van der Waals surface area contributed by atoms with Crippen LogP contribution in [-0.4, -0.2) is 69.4 Å². The van der Waals surface area contributed by atoms with E-state index in [4.69, 9.17) is 14.2 Å². The van der Waals surface area contributed by atoms with E-state index in [0.717, 1.165) is 0 Å². The number of nitrogens with zero attached hydrogens (tertiary/aromatic N) is 3. The van der Waals surface area contributed by atoms with E-state index in [1.165, 1.54) is 27.7 Å². The van der Waals surface area contributed by atoms with Gasteiger partial charge in [-0.2, -0.15) is 0 Å². The maximum absolute atomic E-state index is 14.1. The van der Waals surface area contributed by atoms with Crippen LogP contribution in [0.2, 0.25) is 0 Å². The molecule has 2 aromatic carbocycles. The predicted octanol–water partition coefficient (Wildman–Crippen LogP) is 5.18. The molecule has 1 unspecified atom stereocenters. The number of amides is 3. The molecule has 2 saturated heterocycles. The van der Waals surface area contributed by atoms with Crippen LogP contribution in [0.5, 0.6) is 17.2 Å². The maximum atomic E-state index is 14.1. The predicted molar refractivity (Wildman–Crippen MR) is 169 cm³/mol. The first kappa shape index (κ1) is 31.7. The molecule has 1 saturated carbocycles. The van der Waals surface area contributed by atoms with Gasteiger partial charge in [-0.3, -0.25) is 14.5 Å². The minimum Gasteiger partial charge on any atom is -0.490 e. The summed E-state index contributed by atoms with van der Waals surface area (Å²) in [6.07, 6.45) is 3.75. The molecule has 1 aromatic heterocycles. The number of aliphatic hydroxyl groups is 1. The van der Waals surface area contributed by atoms with Crippen molar-refractivity contribution in [1.82, 2.24) is 14.4 Å². The van der Waals surface area contributed by atoms with Gasteiger partial charge in [0.15, 0.2) is 0 Å². The number of pyridine rings is 1. The van der Waals surface area contributed by atoms with Gasteiger partial charge >= 0.3 is 6.03 Å². The third-order valence-corrected chi connectivity index (χ3v) is 9.21. The Morgan fingerprint density at radius 2 is 1.65 bits per heavy atom. The number of rotatable bonds is 7. The third-order valence-electron chi connectivity index (χ3n) is 9.21. The smallest absolute Gasteiger partial charge is 0.327 e. The van der Waals surface area contributed by atoms with Gasteiger partial charge in [0.1, 0.15) is 29.1 Å². The van der Waals surface area contributed by atoms with Crippen LogP contribution in [0.4, 0.5) is 9.18 Å². The number of carbonyl (C=O) groups is 2. The SMILES string of the molecule is Cc1cc(F)cc(C)c1Oc1ccc(C(C)(C)O)cc1-c1cn(C)c(=O)cc1O[C@H]1CC[C@H](N2C(=O)C3COCCN3C2=O)CC1. The van der Waals surface area contributed by atoms with Crippen molar-refractivity contribution in [3.05, 3.63) is 75.5 Å². The number of aromatic nitrogens is 1. The monoisotopic (exact) mass is 633 g/mol. The third kappa shape index (κ3) is 6.01. The minimum absolute atomic E-state index is 0.200. The summed E-state index contributed by atoms with van der Waals surface area (Å²) in [5.74, 6) is 0.766. The molecular formula is C35H40FN3O7. The molecule has 3 heterocycles. The second kappa shape index (κ2) is 12.2. The number of carbonyl (C=O) groups excluding carboxylic acids is 2. The van der Waals surface area contributed by atoms with Crippen molar-refractivity contribution in [2.75, 3.05) is 19.8 Å². The molecule has 6 rings (SSSR count). The van der Waals surface area contributed by atoms with Crippen molar-refractivity contribution in [3.8, 4) is 28.4 Å². The molecule has 3 aromatic rings. The van der Waals surface area contributed by atoms with Gasteiger partial charge in [0, 0.05) is 43.0 Å². The van der Waals surface area contributed by atoms with E-state index < -0.39 is 11.6 Å². The van der Waals surface area contributed by atoms with Crippen LogP contribution in [0.25, 0.3) is 11.1 Å². The molecule has 244 valence electrons. The lowest BCUT2D eigenvalue weighted by Crippen LogP contribution is -2.45. The van der Waals surface area contributed by atoms with Crippen LogP contribution >= 0.6 is 0 Å². The van der Waals surface area contributed by atoms with E-state index >= 15 is 0 Å². The van der Waals surface area contributed by atoms with E-state index in [9.17, 15) is 23.9 Å². The normalized spacial score (nSPS) is 21.8. The second-order valence-corrected chi connectivity index (χ2v) is 13.1. The number of morpholine rings is 1. The number of imide groups is 1. The zero-order chi connectivity index (χ0) is 32.9. The van der Waals surface area contributed by atoms with Gasteiger partial charge in [-0.15, -0.1) is 0 Å². The van der Waals surface area contributed by atoms with Crippen molar-refractivity contribution in [3.63, 3.8) is 0 Å². The fourth-order valence-corrected chi connectivity index (χ4v) is 6.66. The Morgan fingerprint density at radius 1 is 0.957 bits per heavy atom. The largest absolute Gasteiger partial charge is 0.490 e. The Morgan fingerprint density at radius 3 is 2.30 bits per heavy atom. The molecule has 46 heavy (non-hydrogen) atoms. The highest BCUT2D eigenvalue weighted by Gasteiger charge is 2.49. The number of aryl methyl sites for hydroxylation is 3. The standard InChI is InChI=1S/C35H40FN3O7/c1-20-14-23(36)15-21(2)32(20)46-29-11-6-22(35(3,4)43)16-26(29)27-18-37(5)31(40)17-30(27)45-25-9-7-24(8-10-25)39-33(41)28-19-44-13-12-38(28)34(39)42/h6,11,14-18,24-25,28,43H,7-10,12-13,19H2,1-5H3/t24-,25-,28?. The van der Waals surface area contributed by atoms with Crippen LogP contribution in [0.1, 0.15) is 56.2 Å². The Balaban J connectivity index is 1.30. The Bertz CT molecular complexity index is 1690. The Kier molecular flexibility index (Phi) is 8.41. The Labute approximate surface area is 267 Å². The van der Waals surface area contributed by atoms with Gasteiger partial charge in [-0.1, -0.05) is 6.07 Å². The average Bonchev–Trinajstić information content (AvgIpc) is 3.26. The molecule has 3 fully saturated rings. The molecule has 1 atom stereocenters. The van der Waals surface area contributed by atoms with Crippen LogP contribution in [0, 0.1) is 19.7 Å². The van der Waals surface area contributed by atoms with E-state index in [0.29, 0.717) is 83.9 Å². The van der Waals surface area contributed by atoms with Crippen molar-refractivity contribution in [2.45, 2.75) is 77.2 Å². The fraction of sp³-hybridized carbons (Fsp3) is 0.457.